The molecule has 1 aromatic rings. The lowest BCUT2D eigenvalue weighted by molar-refractivity contribution is 0.161. The molecule has 3 nitrogen and oxygen atoms in total. The molecule has 0 amide bonds. The molecule has 0 spiro atoms. The lowest BCUT2D eigenvalue weighted by atomic mass is 10.1. The van der Waals surface area contributed by atoms with Crippen LogP contribution in [0.4, 0.5) is 0 Å². The third-order valence-electron chi connectivity index (χ3n) is 3.35. The fraction of sp³-hybridized carbons (Fsp3) is 0.600. The van der Waals surface area contributed by atoms with E-state index in [4.69, 9.17) is 4.74 Å². The van der Waals surface area contributed by atoms with Crippen LogP contribution in [0.2, 0.25) is 0 Å². The standard InChI is InChI=1S/C15H24N2O.ClH/c1-12(2)18-15-7-5-4-6-14(15)11-17-9-8-16-10-13(17)3;/h4-7,12-13,16H,8-11H2,1-3H3;1H/t13-;/m1./s1. The minimum atomic E-state index is 0. The Hall–Kier alpha value is -0.770. The second kappa shape index (κ2) is 7.73. The largest absolute Gasteiger partial charge is 0.491 e. The van der Waals surface area contributed by atoms with Crippen LogP contribution in [-0.4, -0.2) is 36.7 Å². The van der Waals surface area contributed by atoms with Crippen LogP contribution in [0.5, 0.6) is 5.75 Å². The van der Waals surface area contributed by atoms with Gasteiger partial charge in [-0.25, -0.2) is 0 Å². The third-order valence-corrected chi connectivity index (χ3v) is 3.35. The van der Waals surface area contributed by atoms with Crippen molar-refractivity contribution in [3.63, 3.8) is 0 Å². The minimum absolute atomic E-state index is 0. The van der Waals surface area contributed by atoms with Gasteiger partial charge in [-0.1, -0.05) is 18.2 Å². The SMILES string of the molecule is CC(C)Oc1ccccc1CN1CCNC[C@H]1C.Cl. The monoisotopic (exact) mass is 284 g/mol. The van der Waals surface area contributed by atoms with Crippen molar-refractivity contribution in [2.75, 3.05) is 19.6 Å². The number of nitrogens with one attached hydrogen (secondary N) is 1. The quantitative estimate of drug-likeness (QED) is 0.920. The van der Waals surface area contributed by atoms with E-state index in [-0.39, 0.29) is 18.5 Å². The van der Waals surface area contributed by atoms with Crippen LogP contribution in [0, 0.1) is 0 Å². The summed E-state index contributed by atoms with van der Waals surface area (Å²) in [5.74, 6) is 1.03. The normalized spacial score (nSPS) is 20.1. The molecule has 0 saturated carbocycles. The summed E-state index contributed by atoms with van der Waals surface area (Å²) in [6.45, 7) is 10.7. The number of para-hydroxylation sites is 1. The van der Waals surface area contributed by atoms with Crippen LogP contribution in [-0.2, 0) is 6.54 Å². The molecule has 0 radical (unpaired) electrons. The molecular formula is C15H25ClN2O. The number of ether oxygens (including phenoxy) is 1. The first kappa shape index (κ1) is 16.3. The molecule has 1 heterocycles. The zero-order valence-corrected chi connectivity index (χ0v) is 12.9. The molecule has 108 valence electrons. The van der Waals surface area contributed by atoms with Gasteiger partial charge in [-0.05, 0) is 26.8 Å². The highest BCUT2D eigenvalue weighted by atomic mass is 35.5. The molecule has 0 bridgehead atoms. The molecule has 19 heavy (non-hydrogen) atoms. The van der Waals surface area contributed by atoms with Gasteiger partial charge in [-0.2, -0.15) is 0 Å². The van der Waals surface area contributed by atoms with Crippen molar-refractivity contribution in [3.05, 3.63) is 29.8 Å². The second-order valence-corrected chi connectivity index (χ2v) is 5.30. The first-order valence-corrected chi connectivity index (χ1v) is 6.86. The molecule has 1 fully saturated rings. The molecule has 2 rings (SSSR count). The number of halogens is 1. The Labute approximate surface area is 122 Å². The van der Waals surface area contributed by atoms with Crippen LogP contribution in [0.25, 0.3) is 0 Å². The summed E-state index contributed by atoms with van der Waals surface area (Å²) in [6, 6.07) is 8.97. The Kier molecular flexibility index (Phi) is 6.63. The lowest BCUT2D eigenvalue weighted by Crippen LogP contribution is -2.49. The van der Waals surface area contributed by atoms with Crippen molar-refractivity contribution in [2.45, 2.75) is 39.5 Å². The van der Waals surface area contributed by atoms with E-state index in [2.05, 4.69) is 49.2 Å². The van der Waals surface area contributed by atoms with E-state index in [1.54, 1.807) is 0 Å². The summed E-state index contributed by atoms with van der Waals surface area (Å²) in [4.78, 5) is 2.51. The maximum atomic E-state index is 5.88. The summed E-state index contributed by atoms with van der Waals surface area (Å²) < 4.78 is 5.88. The highest BCUT2D eigenvalue weighted by molar-refractivity contribution is 5.85. The van der Waals surface area contributed by atoms with Gasteiger partial charge >= 0.3 is 0 Å². The van der Waals surface area contributed by atoms with Crippen molar-refractivity contribution >= 4 is 12.4 Å². The molecule has 0 unspecified atom stereocenters. The minimum Gasteiger partial charge on any atom is -0.491 e. The van der Waals surface area contributed by atoms with Gasteiger partial charge in [0.1, 0.15) is 5.75 Å². The second-order valence-electron chi connectivity index (χ2n) is 5.30. The summed E-state index contributed by atoms with van der Waals surface area (Å²) in [5.41, 5.74) is 1.29. The number of piperazine rings is 1. The van der Waals surface area contributed by atoms with Crippen molar-refractivity contribution in [1.29, 1.82) is 0 Å². The highest BCUT2D eigenvalue weighted by Gasteiger charge is 2.19. The summed E-state index contributed by atoms with van der Waals surface area (Å²) in [5, 5.41) is 3.42. The molecule has 1 aliphatic heterocycles. The van der Waals surface area contributed by atoms with Crippen molar-refractivity contribution in [1.82, 2.24) is 10.2 Å². The van der Waals surface area contributed by atoms with Gasteiger partial charge in [0.25, 0.3) is 0 Å². The topological polar surface area (TPSA) is 24.5 Å². The lowest BCUT2D eigenvalue weighted by Gasteiger charge is -2.34. The summed E-state index contributed by atoms with van der Waals surface area (Å²) >= 11 is 0. The summed E-state index contributed by atoms with van der Waals surface area (Å²) in [7, 11) is 0. The fourth-order valence-corrected chi connectivity index (χ4v) is 2.34. The average Bonchev–Trinajstić information content (AvgIpc) is 2.34. The van der Waals surface area contributed by atoms with E-state index in [9.17, 15) is 0 Å². The zero-order chi connectivity index (χ0) is 13.0. The molecule has 0 aliphatic carbocycles. The van der Waals surface area contributed by atoms with E-state index in [1.807, 2.05) is 6.07 Å². The predicted octanol–water partition coefficient (Wildman–Crippen LogP) is 2.69. The first-order valence-electron chi connectivity index (χ1n) is 6.86. The molecule has 1 atom stereocenters. The van der Waals surface area contributed by atoms with Gasteiger partial charge in [0.05, 0.1) is 6.10 Å². The third kappa shape index (κ3) is 4.68. The Morgan fingerprint density at radius 3 is 2.79 bits per heavy atom. The van der Waals surface area contributed by atoms with Crippen LogP contribution in [0.1, 0.15) is 26.3 Å². The van der Waals surface area contributed by atoms with E-state index < -0.39 is 0 Å². The Morgan fingerprint density at radius 2 is 2.11 bits per heavy atom. The number of nitrogens with zero attached hydrogens (tertiary/aromatic N) is 1. The van der Waals surface area contributed by atoms with E-state index in [0.29, 0.717) is 6.04 Å². The predicted molar refractivity (Wildman–Crippen MR) is 82.2 cm³/mol. The summed E-state index contributed by atoms with van der Waals surface area (Å²) in [6.07, 6.45) is 0.228. The van der Waals surface area contributed by atoms with Gasteiger partial charge in [0, 0.05) is 37.8 Å². The van der Waals surface area contributed by atoms with Gasteiger partial charge in [-0.3, -0.25) is 4.90 Å². The number of hydrogen-bond acceptors (Lipinski definition) is 3. The molecule has 1 saturated heterocycles. The molecule has 1 aromatic carbocycles. The van der Waals surface area contributed by atoms with Crippen molar-refractivity contribution < 1.29 is 4.74 Å². The Bertz CT molecular complexity index is 384. The van der Waals surface area contributed by atoms with Crippen LogP contribution in [0.3, 0.4) is 0 Å². The van der Waals surface area contributed by atoms with Gasteiger partial charge < -0.3 is 10.1 Å². The molecule has 1 N–H and O–H groups in total. The maximum Gasteiger partial charge on any atom is 0.124 e. The number of hydrogen-bond donors (Lipinski definition) is 1. The van der Waals surface area contributed by atoms with Crippen molar-refractivity contribution in [3.8, 4) is 5.75 Å². The number of benzene rings is 1. The molecular weight excluding hydrogens is 260 g/mol. The number of rotatable bonds is 4. The van der Waals surface area contributed by atoms with E-state index in [1.165, 1.54) is 5.56 Å². The zero-order valence-electron chi connectivity index (χ0n) is 12.1. The fourth-order valence-electron chi connectivity index (χ4n) is 2.34. The Balaban J connectivity index is 0.00000180. The smallest absolute Gasteiger partial charge is 0.124 e. The van der Waals surface area contributed by atoms with Gasteiger partial charge in [0.15, 0.2) is 0 Å². The van der Waals surface area contributed by atoms with E-state index in [0.717, 1.165) is 31.9 Å². The first-order chi connectivity index (χ1) is 8.66. The van der Waals surface area contributed by atoms with E-state index >= 15 is 0 Å². The van der Waals surface area contributed by atoms with Crippen LogP contribution < -0.4 is 10.1 Å². The van der Waals surface area contributed by atoms with Gasteiger partial charge in [0.2, 0.25) is 0 Å². The van der Waals surface area contributed by atoms with Crippen LogP contribution in [0.15, 0.2) is 24.3 Å². The maximum absolute atomic E-state index is 5.88. The highest BCUT2D eigenvalue weighted by Crippen LogP contribution is 2.22. The molecule has 0 aromatic heterocycles. The molecule has 4 heteroatoms. The van der Waals surface area contributed by atoms with Crippen molar-refractivity contribution in [2.24, 2.45) is 0 Å². The van der Waals surface area contributed by atoms with Crippen LogP contribution >= 0.6 is 12.4 Å². The van der Waals surface area contributed by atoms with Gasteiger partial charge in [-0.15, -0.1) is 12.4 Å². The molecule has 1 aliphatic rings. The Morgan fingerprint density at radius 1 is 1.37 bits per heavy atom. The average molecular weight is 285 g/mol.